The number of fused-ring (bicyclic) bond motifs is 1. The minimum atomic E-state index is -0.548. The fraction of sp³-hybridized carbons (Fsp3) is 0.235. The molecule has 1 amide bonds. The van der Waals surface area contributed by atoms with Gasteiger partial charge in [0.1, 0.15) is 5.75 Å². The molecule has 0 aliphatic carbocycles. The first-order valence-electron chi connectivity index (χ1n) is 7.18. The fourth-order valence-electron chi connectivity index (χ4n) is 2.18. The van der Waals surface area contributed by atoms with E-state index >= 15 is 0 Å². The summed E-state index contributed by atoms with van der Waals surface area (Å²) in [6.07, 6.45) is 0.0264. The summed E-state index contributed by atoms with van der Waals surface area (Å²) in [5, 5.41) is 2.84. The van der Waals surface area contributed by atoms with Gasteiger partial charge in [-0.15, -0.1) is 0 Å². The Morgan fingerprint density at radius 1 is 1.18 bits per heavy atom. The van der Waals surface area contributed by atoms with E-state index in [4.69, 9.17) is 14.2 Å². The molecule has 0 spiro atoms. The molecule has 1 atom stereocenters. The molecular formula is C17H17NO4. The van der Waals surface area contributed by atoms with E-state index < -0.39 is 6.10 Å². The number of ether oxygens (including phenoxy) is 3. The van der Waals surface area contributed by atoms with Crippen LogP contribution in [0, 0.1) is 0 Å². The Labute approximate surface area is 128 Å². The van der Waals surface area contributed by atoms with Gasteiger partial charge >= 0.3 is 0 Å². The van der Waals surface area contributed by atoms with Crippen LogP contribution in [0.1, 0.15) is 13.3 Å². The number of anilines is 1. The van der Waals surface area contributed by atoms with E-state index in [9.17, 15) is 4.79 Å². The molecule has 0 saturated heterocycles. The number of nitrogens with one attached hydrogen (secondary N) is 1. The molecule has 1 aliphatic rings. The third-order valence-corrected chi connectivity index (χ3v) is 3.32. The van der Waals surface area contributed by atoms with Crippen LogP contribution in [0.15, 0.2) is 48.5 Å². The molecular weight excluding hydrogens is 282 g/mol. The number of carbonyl (C=O) groups is 1. The molecule has 2 aromatic carbocycles. The Hall–Kier alpha value is -2.69. The number of carbonyl (C=O) groups excluding carboxylic acids is 1. The maximum atomic E-state index is 12.3. The van der Waals surface area contributed by atoms with Crippen molar-refractivity contribution in [3.8, 4) is 17.2 Å². The third kappa shape index (κ3) is 3.14. The standard InChI is InChI=1S/C17H17NO4/c1-2-14(22-13-6-4-3-5-7-13)17(19)18-12-8-9-15-16(10-12)21-11-20-15/h3-10,14H,2,11H2,1H3,(H,18,19)/t14-/m0/s1. The van der Waals surface area contributed by atoms with Crippen molar-refractivity contribution in [2.24, 2.45) is 0 Å². The fourth-order valence-corrected chi connectivity index (χ4v) is 2.18. The lowest BCUT2D eigenvalue weighted by atomic mass is 10.2. The molecule has 5 heteroatoms. The Morgan fingerprint density at radius 3 is 2.73 bits per heavy atom. The second-order valence-electron chi connectivity index (χ2n) is 4.89. The lowest BCUT2D eigenvalue weighted by Gasteiger charge is -2.17. The maximum absolute atomic E-state index is 12.3. The van der Waals surface area contributed by atoms with Gasteiger partial charge in [-0.3, -0.25) is 4.79 Å². The van der Waals surface area contributed by atoms with Crippen LogP contribution in [0.3, 0.4) is 0 Å². The summed E-state index contributed by atoms with van der Waals surface area (Å²) in [7, 11) is 0. The zero-order chi connectivity index (χ0) is 15.4. The van der Waals surface area contributed by atoms with Gasteiger partial charge in [0.05, 0.1) is 0 Å². The highest BCUT2D eigenvalue weighted by molar-refractivity contribution is 5.94. The highest BCUT2D eigenvalue weighted by atomic mass is 16.7. The highest BCUT2D eigenvalue weighted by Gasteiger charge is 2.20. The average molecular weight is 299 g/mol. The molecule has 1 aliphatic heterocycles. The zero-order valence-corrected chi connectivity index (χ0v) is 12.2. The average Bonchev–Trinajstić information content (AvgIpc) is 3.01. The SMILES string of the molecule is CC[C@H](Oc1ccccc1)C(=O)Nc1ccc2c(c1)OCO2. The molecule has 0 radical (unpaired) electrons. The van der Waals surface area contributed by atoms with E-state index in [0.29, 0.717) is 29.4 Å². The second-order valence-corrected chi connectivity index (χ2v) is 4.89. The van der Waals surface area contributed by atoms with E-state index in [2.05, 4.69) is 5.32 Å². The first-order chi connectivity index (χ1) is 10.8. The van der Waals surface area contributed by atoms with Gasteiger partial charge in [-0.2, -0.15) is 0 Å². The highest BCUT2D eigenvalue weighted by Crippen LogP contribution is 2.34. The van der Waals surface area contributed by atoms with Crippen molar-refractivity contribution in [2.75, 3.05) is 12.1 Å². The predicted molar refractivity (Wildman–Crippen MR) is 82.3 cm³/mol. The van der Waals surface area contributed by atoms with Gasteiger partial charge in [0, 0.05) is 11.8 Å². The topological polar surface area (TPSA) is 56.8 Å². The van der Waals surface area contributed by atoms with Crippen molar-refractivity contribution in [3.63, 3.8) is 0 Å². The summed E-state index contributed by atoms with van der Waals surface area (Å²) in [4.78, 5) is 12.3. The van der Waals surface area contributed by atoms with Crippen LogP contribution in [-0.4, -0.2) is 18.8 Å². The molecule has 0 unspecified atom stereocenters. The quantitative estimate of drug-likeness (QED) is 0.921. The molecule has 114 valence electrons. The van der Waals surface area contributed by atoms with Crippen molar-refractivity contribution in [1.29, 1.82) is 0 Å². The second kappa shape index (κ2) is 6.39. The van der Waals surface area contributed by atoms with Gasteiger partial charge in [0.2, 0.25) is 6.79 Å². The first-order valence-corrected chi connectivity index (χ1v) is 7.18. The van der Waals surface area contributed by atoms with E-state index in [0.717, 1.165) is 0 Å². The summed E-state index contributed by atoms with van der Waals surface area (Å²) < 4.78 is 16.3. The molecule has 22 heavy (non-hydrogen) atoms. The Bertz CT molecular complexity index is 657. The monoisotopic (exact) mass is 299 g/mol. The minimum absolute atomic E-state index is 0.190. The molecule has 3 rings (SSSR count). The van der Waals surface area contributed by atoms with Crippen LogP contribution in [0.25, 0.3) is 0 Å². The summed E-state index contributed by atoms with van der Waals surface area (Å²) in [5.74, 6) is 1.81. The van der Waals surface area contributed by atoms with Crippen molar-refractivity contribution < 1.29 is 19.0 Å². The van der Waals surface area contributed by atoms with Gasteiger partial charge in [-0.1, -0.05) is 25.1 Å². The van der Waals surface area contributed by atoms with E-state index in [1.165, 1.54) is 0 Å². The van der Waals surface area contributed by atoms with Crippen LogP contribution in [0.2, 0.25) is 0 Å². The zero-order valence-electron chi connectivity index (χ0n) is 12.2. The molecule has 1 N–H and O–H groups in total. The molecule has 0 aromatic heterocycles. The smallest absolute Gasteiger partial charge is 0.265 e. The number of amides is 1. The third-order valence-electron chi connectivity index (χ3n) is 3.32. The number of hydrogen-bond donors (Lipinski definition) is 1. The van der Waals surface area contributed by atoms with Crippen LogP contribution < -0.4 is 19.5 Å². The maximum Gasteiger partial charge on any atom is 0.265 e. The first kappa shape index (κ1) is 14.3. The predicted octanol–water partition coefficient (Wildman–Crippen LogP) is 3.21. The molecule has 0 fully saturated rings. The Morgan fingerprint density at radius 2 is 1.95 bits per heavy atom. The lowest BCUT2D eigenvalue weighted by Crippen LogP contribution is -2.32. The molecule has 0 saturated carbocycles. The summed E-state index contributed by atoms with van der Waals surface area (Å²) in [6.45, 7) is 2.12. The lowest BCUT2D eigenvalue weighted by molar-refractivity contribution is -0.122. The summed E-state index contributed by atoms with van der Waals surface area (Å²) in [5.41, 5.74) is 0.657. The van der Waals surface area contributed by atoms with Gasteiger partial charge in [-0.05, 0) is 30.7 Å². The van der Waals surface area contributed by atoms with Crippen molar-refractivity contribution in [2.45, 2.75) is 19.4 Å². The summed E-state index contributed by atoms with van der Waals surface area (Å²) >= 11 is 0. The van der Waals surface area contributed by atoms with Gasteiger partial charge in [0.15, 0.2) is 17.6 Å². The Kier molecular flexibility index (Phi) is 4.14. The number of benzene rings is 2. The van der Waals surface area contributed by atoms with Crippen LogP contribution >= 0.6 is 0 Å². The van der Waals surface area contributed by atoms with Crippen molar-refractivity contribution >= 4 is 11.6 Å². The van der Waals surface area contributed by atoms with Crippen molar-refractivity contribution in [1.82, 2.24) is 0 Å². The minimum Gasteiger partial charge on any atom is -0.481 e. The molecule has 1 heterocycles. The summed E-state index contributed by atoms with van der Waals surface area (Å²) in [6, 6.07) is 14.6. The number of rotatable bonds is 5. The van der Waals surface area contributed by atoms with Gasteiger partial charge in [0.25, 0.3) is 5.91 Å². The van der Waals surface area contributed by atoms with Gasteiger partial charge < -0.3 is 19.5 Å². The van der Waals surface area contributed by atoms with Gasteiger partial charge in [-0.25, -0.2) is 0 Å². The molecule has 0 bridgehead atoms. The number of para-hydroxylation sites is 1. The number of hydrogen-bond acceptors (Lipinski definition) is 4. The van der Waals surface area contributed by atoms with E-state index in [1.807, 2.05) is 37.3 Å². The van der Waals surface area contributed by atoms with E-state index in [1.54, 1.807) is 18.2 Å². The van der Waals surface area contributed by atoms with Crippen molar-refractivity contribution in [3.05, 3.63) is 48.5 Å². The van der Waals surface area contributed by atoms with Crippen LogP contribution in [0.5, 0.6) is 17.2 Å². The molecule has 2 aromatic rings. The van der Waals surface area contributed by atoms with Crippen LogP contribution in [-0.2, 0) is 4.79 Å². The normalized spacial score (nSPS) is 13.5. The Balaban J connectivity index is 1.67. The largest absolute Gasteiger partial charge is 0.481 e. The van der Waals surface area contributed by atoms with E-state index in [-0.39, 0.29) is 12.7 Å². The molecule has 5 nitrogen and oxygen atoms in total. The van der Waals surface area contributed by atoms with Crippen LogP contribution in [0.4, 0.5) is 5.69 Å².